The zero-order valence-corrected chi connectivity index (χ0v) is 9.34. The lowest BCUT2D eigenvalue weighted by Crippen LogP contribution is -2.27. The monoisotopic (exact) mass is 247 g/mol. The second-order valence-electron chi connectivity index (χ2n) is 3.57. The molecule has 0 radical (unpaired) electrons. The third kappa shape index (κ3) is 2.97. The van der Waals surface area contributed by atoms with E-state index in [1.807, 2.05) is 0 Å². The van der Waals surface area contributed by atoms with Crippen LogP contribution in [0.2, 0.25) is 0 Å². The summed E-state index contributed by atoms with van der Waals surface area (Å²) < 4.78 is 42.1. The number of carbonyl (C=O) groups excluding carboxylic acids is 1. The van der Waals surface area contributed by atoms with E-state index >= 15 is 0 Å². The Bertz CT molecular complexity index is 427. The van der Waals surface area contributed by atoms with Crippen molar-refractivity contribution in [3.63, 3.8) is 0 Å². The third-order valence-electron chi connectivity index (χ3n) is 2.21. The predicted molar refractivity (Wildman–Crippen MR) is 56.0 cm³/mol. The van der Waals surface area contributed by atoms with E-state index in [1.165, 1.54) is 14.0 Å². The molecule has 0 fully saturated rings. The molecule has 0 aliphatic heterocycles. The number of benzene rings is 1. The van der Waals surface area contributed by atoms with Crippen molar-refractivity contribution >= 4 is 5.78 Å². The maximum absolute atomic E-state index is 12.4. The number of nitrogens with two attached hydrogens (primary N) is 1. The van der Waals surface area contributed by atoms with E-state index < -0.39 is 23.6 Å². The Kier molecular flexibility index (Phi) is 3.77. The maximum atomic E-state index is 12.4. The van der Waals surface area contributed by atoms with Crippen molar-refractivity contribution in [2.75, 3.05) is 7.11 Å². The molecule has 1 rings (SSSR count). The number of carbonyl (C=O) groups is 1. The first-order valence-corrected chi connectivity index (χ1v) is 4.82. The van der Waals surface area contributed by atoms with Crippen molar-refractivity contribution in [3.05, 3.63) is 29.3 Å². The van der Waals surface area contributed by atoms with Crippen LogP contribution in [0.4, 0.5) is 13.2 Å². The molecule has 0 saturated heterocycles. The van der Waals surface area contributed by atoms with Gasteiger partial charge in [0.05, 0.1) is 24.3 Å². The largest absolute Gasteiger partial charge is 0.496 e. The minimum atomic E-state index is -4.47. The van der Waals surface area contributed by atoms with Crippen LogP contribution >= 0.6 is 0 Å². The smallest absolute Gasteiger partial charge is 0.416 e. The van der Waals surface area contributed by atoms with E-state index in [9.17, 15) is 18.0 Å². The summed E-state index contributed by atoms with van der Waals surface area (Å²) in [5.41, 5.74) is 4.57. The molecular formula is C11H12F3NO2. The zero-order chi connectivity index (χ0) is 13.2. The molecule has 0 aliphatic carbocycles. The van der Waals surface area contributed by atoms with E-state index in [2.05, 4.69) is 0 Å². The summed E-state index contributed by atoms with van der Waals surface area (Å²) in [7, 11) is 1.20. The molecule has 0 aromatic heterocycles. The highest BCUT2D eigenvalue weighted by Gasteiger charge is 2.32. The fraction of sp³-hybridized carbons (Fsp3) is 0.364. The van der Waals surface area contributed by atoms with Crippen LogP contribution in [-0.4, -0.2) is 18.9 Å². The van der Waals surface area contributed by atoms with Crippen LogP contribution in [0.3, 0.4) is 0 Å². The highest BCUT2D eigenvalue weighted by atomic mass is 19.4. The summed E-state index contributed by atoms with van der Waals surface area (Å²) in [6.07, 6.45) is -4.47. The van der Waals surface area contributed by atoms with Gasteiger partial charge in [0.15, 0.2) is 5.78 Å². The number of Topliss-reactive ketones (excluding diaryl/α,β-unsaturated/α-hetero) is 1. The van der Waals surface area contributed by atoms with E-state index in [-0.39, 0.29) is 11.3 Å². The van der Waals surface area contributed by atoms with Crippen LogP contribution in [0.1, 0.15) is 22.8 Å². The zero-order valence-electron chi connectivity index (χ0n) is 9.34. The average Bonchev–Trinajstić information content (AvgIpc) is 2.25. The Hall–Kier alpha value is -1.56. The summed E-state index contributed by atoms with van der Waals surface area (Å²) in [6, 6.07) is 1.90. The summed E-state index contributed by atoms with van der Waals surface area (Å²) in [5.74, 6) is -0.585. The fourth-order valence-electron chi connectivity index (χ4n) is 1.32. The van der Waals surface area contributed by atoms with Crippen molar-refractivity contribution in [2.24, 2.45) is 5.73 Å². The summed E-state index contributed by atoms with van der Waals surface area (Å²) in [4.78, 5) is 11.6. The fourth-order valence-corrected chi connectivity index (χ4v) is 1.32. The summed E-state index contributed by atoms with van der Waals surface area (Å²) in [5, 5.41) is 0. The molecule has 17 heavy (non-hydrogen) atoms. The SMILES string of the molecule is COc1cc(C(F)(F)F)ccc1C(=O)C(C)N. The molecule has 94 valence electrons. The lowest BCUT2D eigenvalue weighted by atomic mass is 10.0. The van der Waals surface area contributed by atoms with Gasteiger partial charge in [0.1, 0.15) is 5.75 Å². The molecule has 0 spiro atoms. The second kappa shape index (κ2) is 4.75. The first-order chi connectivity index (χ1) is 7.77. The van der Waals surface area contributed by atoms with Gasteiger partial charge in [-0.2, -0.15) is 13.2 Å². The van der Waals surface area contributed by atoms with Gasteiger partial charge in [-0.15, -0.1) is 0 Å². The van der Waals surface area contributed by atoms with Gasteiger partial charge < -0.3 is 10.5 Å². The number of hydrogen-bond donors (Lipinski definition) is 1. The Morgan fingerprint density at radius 2 is 2.00 bits per heavy atom. The molecule has 0 amide bonds. The van der Waals surface area contributed by atoms with Crippen molar-refractivity contribution < 1.29 is 22.7 Å². The molecule has 6 heteroatoms. The van der Waals surface area contributed by atoms with E-state index in [4.69, 9.17) is 10.5 Å². The number of ketones is 1. The topological polar surface area (TPSA) is 52.3 Å². The van der Waals surface area contributed by atoms with Crippen LogP contribution in [0.5, 0.6) is 5.75 Å². The summed E-state index contributed by atoms with van der Waals surface area (Å²) in [6.45, 7) is 1.46. The molecule has 0 bridgehead atoms. The number of methoxy groups -OCH3 is 1. The molecule has 3 nitrogen and oxygen atoms in total. The number of hydrogen-bond acceptors (Lipinski definition) is 3. The summed E-state index contributed by atoms with van der Waals surface area (Å²) >= 11 is 0. The number of ether oxygens (including phenoxy) is 1. The second-order valence-corrected chi connectivity index (χ2v) is 3.57. The van der Waals surface area contributed by atoms with Crippen molar-refractivity contribution in [2.45, 2.75) is 19.1 Å². The van der Waals surface area contributed by atoms with Gasteiger partial charge in [-0.1, -0.05) is 0 Å². The first-order valence-electron chi connectivity index (χ1n) is 4.82. The normalized spacial score (nSPS) is 13.3. The Morgan fingerprint density at radius 3 is 2.41 bits per heavy atom. The molecule has 0 aliphatic rings. The van der Waals surface area contributed by atoms with Crippen LogP contribution in [0.15, 0.2) is 18.2 Å². The minimum absolute atomic E-state index is 0.0514. The van der Waals surface area contributed by atoms with E-state index in [1.54, 1.807) is 0 Å². The molecule has 0 heterocycles. The average molecular weight is 247 g/mol. The van der Waals surface area contributed by atoms with Gasteiger partial charge >= 0.3 is 6.18 Å². The highest BCUT2D eigenvalue weighted by molar-refractivity contribution is 6.02. The minimum Gasteiger partial charge on any atom is -0.496 e. The molecule has 1 unspecified atom stereocenters. The van der Waals surface area contributed by atoms with Gasteiger partial charge in [-0.25, -0.2) is 0 Å². The van der Waals surface area contributed by atoms with E-state index in [0.717, 1.165) is 18.2 Å². The van der Waals surface area contributed by atoms with Crippen molar-refractivity contribution in [3.8, 4) is 5.75 Å². The Labute approximate surface area is 96.4 Å². The quantitative estimate of drug-likeness (QED) is 0.833. The molecule has 2 N–H and O–H groups in total. The van der Waals surface area contributed by atoms with Crippen molar-refractivity contribution in [1.82, 2.24) is 0 Å². The van der Waals surface area contributed by atoms with Crippen LogP contribution < -0.4 is 10.5 Å². The molecule has 1 atom stereocenters. The number of alkyl halides is 3. The van der Waals surface area contributed by atoms with Crippen molar-refractivity contribution in [1.29, 1.82) is 0 Å². The van der Waals surface area contributed by atoms with Gasteiger partial charge in [-0.3, -0.25) is 4.79 Å². The number of rotatable bonds is 3. The Balaban J connectivity index is 3.24. The molecule has 0 saturated carbocycles. The lowest BCUT2D eigenvalue weighted by molar-refractivity contribution is -0.137. The molecule has 1 aromatic rings. The van der Waals surface area contributed by atoms with Gasteiger partial charge in [0.2, 0.25) is 0 Å². The van der Waals surface area contributed by atoms with Crippen LogP contribution in [0.25, 0.3) is 0 Å². The predicted octanol–water partition coefficient (Wildman–Crippen LogP) is 2.24. The van der Waals surface area contributed by atoms with Crippen LogP contribution in [-0.2, 0) is 6.18 Å². The highest BCUT2D eigenvalue weighted by Crippen LogP contribution is 2.33. The maximum Gasteiger partial charge on any atom is 0.416 e. The lowest BCUT2D eigenvalue weighted by Gasteiger charge is -2.13. The Morgan fingerprint density at radius 1 is 1.41 bits per heavy atom. The third-order valence-corrected chi connectivity index (χ3v) is 2.21. The number of halogens is 3. The van der Waals surface area contributed by atoms with Gasteiger partial charge in [-0.05, 0) is 25.1 Å². The molecular weight excluding hydrogens is 235 g/mol. The standard InChI is InChI=1S/C11H12F3NO2/c1-6(15)10(16)8-4-3-7(11(12,13)14)5-9(8)17-2/h3-6H,15H2,1-2H3. The van der Waals surface area contributed by atoms with E-state index in [0.29, 0.717) is 0 Å². The molecule has 1 aromatic carbocycles. The van der Waals surface area contributed by atoms with Gasteiger partial charge in [0, 0.05) is 0 Å². The van der Waals surface area contributed by atoms with Gasteiger partial charge in [0.25, 0.3) is 0 Å². The van der Waals surface area contributed by atoms with Crippen LogP contribution in [0, 0.1) is 0 Å². The first kappa shape index (κ1) is 13.5.